The number of fused-ring (bicyclic) bond motifs is 1. The molecule has 0 spiro atoms. The third-order valence-corrected chi connectivity index (χ3v) is 10.4. The minimum Gasteiger partial charge on any atom is -0.377 e. The van der Waals surface area contributed by atoms with Crippen LogP contribution in [-0.2, 0) is 33.0 Å². The van der Waals surface area contributed by atoms with Gasteiger partial charge in [-0.25, -0.2) is 13.1 Å². The van der Waals surface area contributed by atoms with E-state index in [9.17, 15) is 13.2 Å². The fourth-order valence-corrected chi connectivity index (χ4v) is 7.81. The number of rotatable bonds is 7. The van der Waals surface area contributed by atoms with Crippen molar-refractivity contribution < 1.29 is 17.9 Å². The van der Waals surface area contributed by atoms with Crippen molar-refractivity contribution in [1.29, 1.82) is 0 Å². The molecule has 2 aromatic carbocycles. The van der Waals surface area contributed by atoms with E-state index >= 15 is 0 Å². The number of hydrogen-bond donors (Lipinski definition) is 1. The lowest BCUT2D eigenvalue weighted by atomic mass is 9.85. The number of amides is 1. The number of sulfonamides is 1. The molecular formula is C31H38ClN3O4S. The third kappa shape index (κ3) is 5.69. The Balaban J connectivity index is 1.28. The molecule has 1 aliphatic carbocycles. The molecule has 2 radical (unpaired) electrons. The molecule has 214 valence electrons. The first-order valence-electron chi connectivity index (χ1n) is 14.1. The van der Waals surface area contributed by atoms with Gasteiger partial charge in [-0.05, 0) is 74.3 Å². The number of aryl methyl sites for hydroxylation is 1. The number of halogens is 1. The topological polar surface area (TPSA) is 80.6 Å². The Morgan fingerprint density at radius 2 is 1.82 bits per heavy atom. The summed E-state index contributed by atoms with van der Waals surface area (Å²) in [5, 5.41) is 1.38. The van der Waals surface area contributed by atoms with Crippen molar-refractivity contribution in [3.8, 4) is 11.3 Å². The second kappa shape index (κ2) is 11.8. The molecule has 1 aliphatic heterocycles. The van der Waals surface area contributed by atoms with Crippen LogP contribution in [0.3, 0.4) is 0 Å². The van der Waals surface area contributed by atoms with Gasteiger partial charge in [-0.2, -0.15) is 0 Å². The predicted molar refractivity (Wildman–Crippen MR) is 159 cm³/mol. The van der Waals surface area contributed by atoms with Gasteiger partial charge in [-0.15, -0.1) is 0 Å². The van der Waals surface area contributed by atoms with E-state index < -0.39 is 10.0 Å². The maximum absolute atomic E-state index is 13.4. The average Bonchev–Trinajstić information content (AvgIpc) is 3.21. The van der Waals surface area contributed by atoms with Gasteiger partial charge in [0.05, 0.1) is 40.4 Å². The molecule has 7 nitrogen and oxygen atoms in total. The molecule has 1 N–H and O–H groups in total. The van der Waals surface area contributed by atoms with Gasteiger partial charge in [0, 0.05) is 30.9 Å². The summed E-state index contributed by atoms with van der Waals surface area (Å²) in [6.07, 6.45) is 3.07. The molecule has 1 saturated carbocycles. The van der Waals surface area contributed by atoms with Crippen LogP contribution in [0.25, 0.3) is 22.2 Å². The van der Waals surface area contributed by atoms with Crippen molar-refractivity contribution in [3.05, 3.63) is 60.0 Å². The van der Waals surface area contributed by atoms with Crippen LogP contribution in [-0.4, -0.2) is 55.6 Å². The van der Waals surface area contributed by atoms with Crippen molar-refractivity contribution in [2.24, 2.45) is 18.9 Å². The molecule has 2 aliphatic rings. The quantitative estimate of drug-likeness (QED) is 0.400. The summed E-state index contributed by atoms with van der Waals surface area (Å²) >= 11 is 6.77. The Hall–Kier alpha value is -2.39. The first-order valence-corrected chi connectivity index (χ1v) is 15.9. The monoisotopic (exact) mass is 583 g/mol. The van der Waals surface area contributed by atoms with Crippen molar-refractivity contribution in [2.45, 2.75) is 62.9 Å². The van der Waals surface area contributed by atoms with Gasteiger partial charge in [0.25, 0.3) is 0 Å². The van der Waals surface area contributed by atoms with E-state index in [1.807, 2.05) is 40.8 Å². The summed E-state index contributed by atoms with van der Waals surface area (Å²) in [6.45, 7) is 11.7. The highest BCUT2D eigenvalue weighted by Crippen LogP contribution is 2.38. The SMILES string of the molecule is [CH]Cc1ccc(-c2c(Cl)c3ccc(S(=O)(=O)NC4CCC(C(=O)N5CCOC[C@@H]5C(C)C)CC4)cc3n2C)cc1. The Kier molecular flexibility index (Phi) is 8.62. The van der Waals surface area contributed by atoms with Gasteiger partial charge >= 0.3 is 0 Å². The standard InChI is InChI=1S/C31H38ClN3O4S/c1-5-21-6-8-22(9-7-21)30-29(32)26-15-14-25(18-27(26)34(30)4)40(37,38)33-24-12-10-23(11-13-24)31(36)35-16-17-39-19-28(35)20(2)3/h1,6-9,14-15,18,20,23-24,28,33H,5,10-13,16-17,19H2,2-4H3/t23?,24?,28-/m1/s1. The molecule has 40 heavy (non-hydrogen) atoms. The number of nitrogens with one attached hydrogen (secondary N) is 1. The Bertz CT molecular complexity index is 1470. The first-order chi connectivity index (χ1) is 19.1. The van der Waals surface area contributed by atoms with Gasteiger partial charge in [-0.3, -0.25) is 4.79 Å². The lowest BCUT2D eigenvalue weighted by molar-refractivity contribution is -0.147. The summed E-state index contributed by atoms with van der Waals surface area (Å²) in [7, 11) is -1.87. The maximum Gasteiger partial charge on any atom is 0.240 e. The molecule has 2 fully saturated rings. The van der Waals surface area contributed by atoms with E-state index in [1.165, 1.54) is 0 Å². The Labute approximate surface area is 242 Å². The third-order valence-electron chi connectivity index (χ3n) is 8.50. The Morgan fingerprint density at radius 1 is 1.12 bits per heavy atom. The molecule has 0 unspecified atom stereocenters. The molecule has 9 heteroatoms. The van der Waals surface area contributed by atoms with Crippen LogP contribution in [0.2, 0.25) is 5.02 Å². The number of ether oxygens (including phenoxy) is 1. The van der Waals surface area contributed by atoms with Crippen LogP contribution >= 0.6 is 11.6 Å². The van der Waals surface area contributed by atoms with E-state index in [2.05, 4.69) is 18.6 Å². The minimum absolute atomic E-state index is 0.0701. The van der Waals surface area contributed by atoms with Crippen LogP contribution in [0, 0.1) is 18.8 Å². The van der Waals surface area contributed by atoms with Crippen molar-refractivity contribution in [1.82, 2.24) is 14.2 Å². The molecule has 0 bridgehead atoms. The summed E-state index contributed by atoms with van der Waals surface area (Å²) in [4.78, 5) is 15.5. The highest BCUT2D eigenvalue weighted by Gasteiger charge is 2.36. The number of carbonyl (C=O) groups excluding carboxylic acids is 1. The van der Waals surface area contributed by atoms with Crippen molar-refractivity contribution >= 4 is 38.4 Å². The van der Waals surface area contributed by atoms with E-state index in [0.717, 1.165) is 27.7 Å². The summed E-state index contributed by atoms with van der Waals surface area (Å²) in [5.41, 5.74) is 3.53. The van der Waals surface area contributed by atoms with Gasteiger partial charge in [0.2, 0.25) is 15.9 Å². The van der Waals surface area contributed by atoms with Crippen LogP contribution < -0.4 is 4.72 Å². The van der Waals surface area contributed by atoms with Crippen LogP contribution in [0.5, 0.6) is 0 Å². The van der Waals surface area contributed by atoms with Gasteiger partial charge in [-0.1, -0.05) is 49.7 Å². The van der Waals surface area contributed by atoms with E-state index in [4.69, 9.17) is 23.3 Å². The summed E-state index contributed by atoms with van der Waals surface area (Å²) in [5.74, 6) is 0.443. The maximum atomic E-state index is 13.4. The lowest BCUT2D eigenvalue weighted by Crippen LogP contribution is -2.53. The van der Waals surface area contributed by atoms with Gasteiger partial charge in [0.1, 0.15) is 0 Å². The molecule has 5 rings (SSSR count). The summed E-state index contributed by atoms with van der Waals surface area (Å²) < 4.78 is 37.3. The highest BCUT2D eigenvalue weighted by molar-refractivity contribution is 7.89. The van der Waals surface area contributed by atoms with E-state index in [-0.39, 0.29) is 28.8 Å². The molecule has 1 aromatic heterocycles. The molecule has 2 heterocycles. The first kappa shape index (κ1) is 29.1. The highest BCUT2D eigenvalue weighted by atomic mass is 35.5. The number of aromatic nitrogens is 1. The molecular weight excluding hydrogens is 546 g/mol. The average molecular weight is 584 g/mol. The zero-order valence-electron chi connectivity index (χ0n) is 23.4. The normalized spacial score (nSPS) is 22.2. The molecule has 3 aromatic rings. The lowest BCUT2D eigenvalue weighted by Gasteiger charge is -2.41. The Morgan fingerprint density at radius 3 is 2.48 bits per heavy atom. The number of benzene rings is 2. The second-order valence-corrected chi connectivity index (χ2v) is 13.5. The van der Waals surface area contributed by atoms with Crippen LogP contribution in [0.4, 0.5) is 0 Å². The zero-order valence-corrected chi connectivity index (χ0v) is 25.0. The number of carbonyl (C=O) groups is 1. The smallest absolute Gasteiger partial charge is 0.240 e. The fourth-order valence-electron chi connectivity index (χ4n) is 6.08. The minimum atomic E-state index is -3.76. The van der Waals surface area contributed by atoms with Crippen LogP contribution in [0.15, 0.2) is 47.4 Å². The molecule has 1 atom stereocenters. The van der Waals surface area contributed by atoms with Crippen molar-refractivity contribution in [2.75, 3.05) is 19.8 Å². The summed E-state index contributed by atoms with van der Waals surface area (Å²) in [6, 6.07) is 12.8. The van der Waals surface area contributed by atoms with Crippen molar-refractivity contribution in [3.63, 3.8) is 0 Å². The zero-order chi connectivity index (χ0) is 28.6. The fraction of sp³-hybridized carbons (Fsp3) is 0.484. The number of morpholine rings is 1. The second-order valence-electron chi connectivity index (χ2n) is 11.4. The number of hydrogen-bond acceptors (Lipinski definition) is 4. The number of nitrogens with zero attached hydrogens (tertiary/aromatic N) is 2. The van der Waals surface area contributed by atoms with Gasteiger partial charge < -0.3 is 14.2 Å². The molecule has 1 saturated heterocycles. The van der Waals surface area contributed by atoms with E-state index in [1.54, 1.807) is 18.2 Å². The largest absolute Gasteiger partial charge is 0.377 e. The van der Waals surface area contributed by atoms with E-state index in [0.29, 0.717) is 62.8 Å². The van der Waals surface area contributed by atoms with Gasteiger partial charge in [0.15, 0.2) is 0 Å². The predicted octanol–water partition coefficient (Wildman–Crippen LogP) is 5.47. The molecule has 1 amide bonds. The van der Waals surface area contributed by atoms with Crippen LogP contribution in [0.1, 0.15) is 45.1 Å².